The summed E-state index contributed by atoms with van der Waals surface area (Å²) in [5.74, 6) is -0.817. The molecule has 7 nitrogen and oxygen atoms in total. The molecule has 2 rings (SSSR count). The second kappa shape index (κ2) is 5.46. The molecule has 2 heterocycles. The van der Waals surface area contributed by atoms with Crippen LogP contribution in [0.25, 0.3) is 0 Å². The van der Waals surface area contributed by atoms with E-state index in [0.29, 0.717) is 26.1 Å². The van der Waals surface area contributed by atoms with Crippen LogP contribution in [0, 0.1) is 0 Å². The van der Waals surface area contributed by atoms with E-state index in [-0.39, 0.29) is 12.5 Å². The number of alkyl halides is 1. The molecule has 19 heavy (non-hydrogen) atoms. The molecule has 1 N–H and O–H groups in total. The van der Waals surface area contributed by atoms with Gasteiger partial charge in [-0.15, -0.1) is 0 Å². The molecule has 2 saturated heterocycles. The Kier molecular flexibility index (Phi) is 4.10. The predicted molar refractivity (Wildman–Crippen MR) is 67.8 cm³/mol. The van der Waals surface area contributed by atoms with Crippen LogP contribution < -0.4 is 5.32 Å². The number of hydrogen-bond acceptors (Lipinski definition) is 5. The third-order valence-electron chi connectivity index (χ3n) is 3.39. The van der Waals surface area contributed by atoms with Crippen molar-refractivity contribution >= 4 is 33.8 Å². The van der Waals surface area contributed by atoms with Crippen LogP contribution in [0.3, 0.4) is 0 Å². The van der Waals surface area contributed by atoms with E-state index in [4.69, 9.17) is 4.74 Å². The zero-order valence-electron chi connectivity index (χ0n) is 10.5. The highest BCUT2D eigenvalue weighted by atomic mass is 79.9. The Labute approximate surface area is 118 Å². The summed E-state index contributed by atoms with van der Waals surface area (Å²) in [6.45, 7) is 0.836. The molecule has 2 aliphatic rings. The van der Waals surface area contributed by atoms with Crippen LogP contribution in [0.5, 0.6) is 0 Å². The number of hydrogen-bond donors (Lipinski definition) is 1. The molecule has 8 heteroatoms. The Hall–Kier alpha value is -1.15. The molecule has 1 spiro atoms. The fourth-order valence-electron chi connectivity index (χ4n) is 2.26. The van der Waals surface area contributed by atoms with E-state index >= 15 is 0 Å². The van der Waals surface area contributed by atoms with Gasteiger partial charge in [-0.1, -0.05) is 15.9 Å². The first kappa shape index (κ1) is 14.3. The lowest BCUT2D eigenvalue weighted by Crippen LogP contribution is -2.51. The zero-order chi connectivity index (χ0) is 14.0. The van der Waals surface area contributed by atoms with Crippen LogP contribution in [0.2, 0.25) is 0 Å². The van der Waals surface area contributed by atoms with Crippen LogP contribution in [0.15, 0.2) is 0 Å². The summed E-state index contributed by atoms with van der Waals surface area (Å²) in [6.07, 6.45) is 0.915. The van der Waals surface area contributed by atoms with E-state index in [1.165, 1.54) is 7.11 Å². The van der Waals surface area contributed by atoms with Gasteiger partial charge in [0.15, 0.2) is 0 Å². The summed E-state index contributed by atoms with van der Waals surface area (Å²) in [6, 6.07) is -0.472. The molecule has 2 aliphatic heterocycles. The lowest BCUT2D eigenvalue weighted by Gasteiger charge is -2.30. The largest absolute Gasteiger partial charge is 0.468 e. The lowest BCUT2D eigenvalue weighted by molar-refractivity contribution is -0.140. The van der Waals surface area contributed by atoms with Gasteiger partial charge in [0.2, 0.25) is 0 Å². The van der Waals surface area contributed by atoms with E-state index in [0.717, 1.165) is 4.90 Å². The van der Waals surface area contributed by atoms with E-state index < -0.39 is 22.4 Å². The smallest absolute Gasteiger partial charge is 0.325 e. The maximum atomic E-state index is 12.4. The van der Waals surface area contributed by atoms with Gasteiger partial charge >= 0.3 is 12.0 Å². The Morgan fingerprint density at radius 1 is 1.53 bits per heavy atom. The Bertz CT molecular complexity index is 408. The monoisotopic (exact) mass is 334 g/mol. The average molecular weight is 335 g/mol. The molecule has 0 aromatic carbocycles. The van der Waals surface area contributed by atoms with Crippen LogP contribution in [-0.2, 0) is 19.1 Å². The molecule has 0 aliphatic carbocycles. The van der Waals surface area contributed by atoms with E-state index in [1.807, 2.05) is 0 Å². The number of urea groups is 1. The van der Waals surface area contributed by atoms with Gasteiger partial charge in [-0.3, -0.25) is 14.5 Å². The SMILES string of the molecule is COC(=O)C(Br)CN1C(=O)NC2(CCOCC2)C1=O. The van der Waals surface area contributed by atoms with Crippen molar-refractivity contribution in [3.63, 3.8) is 0 Å². The fraction of sp³-hybridized carbons (Fsp3) is 0.727. The molecule has 106 valence electrons. The highest BCUT2D eigenvalue weighted by Crippen LogP contribution is 2.28. The summed E-state index contributed by atoms with van der Waals surface area (Å²) in [7, 11) is 1.25. The minimum absolute atomic E-state index is 0.0417. The summed E-state index contributed by atoms with van der Waals surface area (Å²) in [5, 5.41) is 2.72. The molecule has 1 atom stereocenters. The molecule has 3 amide bonds. The van der Waals surface area contributed by atoms with Crippen molar-refractivity contribution in [2.45, 2.75) is 23.2 Å². The second-order valence-electron chi connectivity index (χ2n) is 4.53. The molecule has 0 aromatic rings. The minimum atomic E-state index is -0.863. The summed E-state index contributed by atoms with van der Waals surface area (Å²) >= 11 is 3.11. The minimum Gasteiger partial charge on any atom is -0.468 e. The van der Waals surface area contributed by atoms with Crippen molar-refractivity contribution in [1.82, 2.24) is 10.2 Å². The van der Waals surface area contributed by atoms with Crippen molar-refractivity contribution in [2.24, 2.45) is 0 Å². The highest BCUT2D eigenvalue weighted by Gasteiger charge is 2.52. The second-order valence-corrected chi connectivity index (χ2v) is 5.64. The van der Waals surface area contributed by atoms with Gasteiger partial charge in [-0.05, 0) is 0 Å². The number of ether oxygens (including phenoxy) is 2. The predicted octanol–water partition coefficient (Wildman–Crippen LogP) is 0.0239. The lowest BCUT2D eigenvalue weighted by atomic mass is 9.90. The molecule has 0 bridgehead atoms. The number of rotatable bonds is 3. The molecule has 0 radical (unpaired) electrons. The first-order valence-corrected chi connectivity index (χ1v) is 6.85. The number of carbonyl (C=O) groups excluding carboxylic acids is 3. The Morgan fingerprint density at radius 2 is 2.16 bits per heavy atom. The van der Waals surface area contributed by atoms with Crippen LogP contribution in [0.1, 0.15) is 12.8 Å². The van der Waals surface area contributed by atoms with Gasteiger partial charge in [0.1, 0.15) is 10.4 Å². The molecule has 0 saturated carbocycles. The highest BCUT2D eigenvalue weighted by molar-refractivity contribution is 9.10. The van der Waals surface area contributed by atoms with Gasteiger partial charge in [-0.2, -0.15) is 0 Å². The van der Waals surface area contributed by atoms with Crippen LogP contribution >= 0.6 is 15.9 Å². The van der Waals surface area contributed by atoms with Crippen LogP contribution in [-0.4, -0.2) is 60.0 Å². The number of carbonyl (C=O) groups is 3. The quantitative estimate of drug-likeness (QED) is 0.447. The van der Waals surface area contributed by atoms with Crippen LogP contribution in [0.4, 0.5) is 4.79 Å². The number of amides is 3. The van der Waals surface area contributed by atoms with Gasteiger partial charge in [0.25, 0.3) is 5.91 Å². The molecular weight excluding hydrogens is 320 g/mol. The number of imide groups is 1. The van der Waals surface area contributed by atoms with E-state index in [2.05, 4.69) is 26.0 Å². The van der Waals surface area contributed by atoms with Gasteiger partial charge in [0.05, 0.1) is 13.7 Å². The Balaban J connectivity index is 2.08. The first-order valence-electron chi connectivity index (χ1n) is 5.94. The van der Waals surface area contributed by atoms with Gasteiger partial charge < -0.3 is 14.8 Å². The Morgan fingerprint density at radius 3 is 2.74 bits per heavy atom. The number of nitrogens with zero attached hydrogens (tertiary/aromatic N) is 1. The summed E-state index contributed by atoms with van der Waals surface area (Å²) in [5.41, 5.74) is -0.863. The van der Waals surface area contributed by atoms with Gasteiger partial charge in [-0.25, -0.2) is 4.79 Å². The number of halogens is 1. The van der Waals surface area contributed by atoms with Crippen molar-refractivity contribution in [3.05, 3.63) is 0 Å². The van der Waals surface area contributed by atoms with Crippen molar-refractivity contribution in [2.75, 3.05) is 26.9 Å². The molecular formula is C11H15BrN2O5. The summed E-state index contributed by atoms with van der Waals surface area (Å²) < 4.78 is 9.76. The van der Waals surface area contributed by atoms with Crippen molar-refractivity contribution in [1.29, 1.82) is 0 Å². The van der Waals surface area contributed by atoms with Crippen molar-refractivity contribution < 1.29 is 23.9 Å². The van der Waals surface area contributed by atoms with E-state index in [9.17, 15) is 14.4 Å². The molecule has 0 aromatic heterocycles. The third-order valence-corrected chi connectivity index (χ3v) is 4.06. The third kappa shape index (κ3) is 2.59. The summed E-state index contributed by atoms with van der Waals surface area (Å²) in [4.78, 5) is 35.9. The number of methoxy groups -OCH3 is 1. The maximum absolute atomic E-state index is 12.4. The fourth-order valence-corrected chi connectivity index (χ4v) is 2.74. The zero-order valence-corrected chi connectivity index (χ0v) is 12.1. The van der Waals surface area contributed by atoms with Gasteiger partial charge in [0, 0.05) is 26.1 Å². The molecule has 1 unspecified atom stereocenters. The molecule has 2 fully saturated rings. The maximum Gasteiger partial charge on any atom is 0.325 e. The average Bonchev–Trinajstić information content (AvgIpc) is 2.63. The first-order chi connectivity index (χ1) is 9.00. The van der Waals surface area contributed by atoms with Crippen molar-refractivity contribution in [3.8, 4) is 0 Å². The topological polar surface area (TPSA) is 84.9 Å². The normalized spacial score (nSPS) is 23.4. The number of nitrogens with one attached hydrogen (secondary N) is 1. The standard InChI is InChI=1S/C11H15BrN2O5/c1-18-8(15)7(12)6-14-9(16)11(13-10(14)17)2-4-19-5-3-11/h7H,2-6H2,1H3,(H,13,17). The number of esters is 1. The van der Waals surface area contributed by atoms with E-state index in [1.54, 1.807) is 0 Å².